The zero-order valence-corrected chi connectivity index (χ0v) is 20.8. The lowest BCUT2D eigenvalue weighted by Gasteiger charge is -2.23. The van der Waals surface area contributed by atoms with Gasteiger partial charge in [-0.2, -0.15) is 0 Å². The molecule has 2 aromatic carbocycles. The number of benzene rings is 2. The van der Waals surface area contributed by atoms with Crippen LogP contribution in [-0.2, 0) is 19.6 Å². The van der Waals surface area contributed by atoms with Crippen LogP contribution in [0.25, 0.3) is 0 Å². The highest BCUT2D eigenvalue weighted by Gasteiger charge is 2.20. The van der Waals surface area contributed by atoms with Crippen molar-refractivity contribution >= 4 is 33.2 Å². The van der Waals surface area contributed by atoms with Gasteiger partial charge in [-0.05, 0) is 68.5 Å². The van der Waals surface area contributed by atoms with Crippen molar-refractivity contribution in [2.75, 3.05) is 35.6 Å². The van der Waals surface area contributed by atoms with E-state index in [4.69, 9.17) is 4.74 Å². The highest BCUT2D eigenvalue weighted by molar-refractivity contribution is 7.92. The molecular formula is C25H33N3O5S. The molecule has 1 aliphatic rings. The molecule has 184 valence electrons. The van der Waals surface area contributed by atoms with Crippen LogP contribution in [0.2, 0.25) is 0 Å². The average Bonchev–Trinajstić information content (AvgIpc) is 3.27. The van der Waals surface area contributed by atoms with Crippen LogP contribution in [0.4, 0.5) is 11.4 Å². The van der Waals surface area contributed by atoms with Crippen LogP contribution in [0.1, 0.15) is 47.2 Å². The Morgan fingerprint density at radius 2 is 1.82 bits per heavy atom. The number of nitrogens with one attached hydrogen (secondary N) is 2. The number of amides is 2. The van der Waals surface area contributed by atoms with Crippen molar-refractivity contribution < 1.29 is 22.7 Å². The van der Waals surface area contributed by atoms with Crippen LogP contribution in [0.3, 0.4) is 0 Å². The summed E-state index contributed by atoms with van der Waals surface area (Å²) in [5, 5.41) is 5.66. The first kappa shape index (κ1) is 25.7. The Kier molecular flexibility index (Phi) is 8.68. The SMILES string of the molecule is Cc1cc(C)cc(N(CCCC(=O)Nc2ccccc2C(=O)NC[C@H]2CCCO2)S(C)(=O)=O)c1. The van der Waals surface area contributed by atoms with Gasteiger partial charge in [-0.1, -0.05) is 18.2 Å². The molecule has 0 bridgehead atoms. The molecule has 0 aromatic heterocycles. The third kappa shape index (κ3) is 7.30. The van der Waals surface area contributed by atoms with Gasteiger partial charge in [0.05, 0.1) is 29.3 Å². The molecule has 0 radical (unpaired) electrons. The van der Waals surface area contributed by atoms with Crippen molar-refractivity contribution in [3.8, 4) is 0 Å². The fourth-order valence-corrected chi connectivity index (χ4v) is 5.02. The summed E-state index contributed by atoms with van der Waals surface area (Å²) in [5.74, 6) is -0.558. The smallest absolute Gasteiger partial charge is 0.253 e. The molecule has 2 aromatic rings. The number of hydrogen-bond donors (Lipinski definition) is 2. The monoisotopic (exact) mass is 487 g/mol. The molecule has 1 aliphatic heterocycles. The maximum Gasteiger partial charge on any atom is 0.253 e. The lowest BCUT2D eigenvalue weighted by atomic mass is 10.1. The summed E-state index contributed by atoms with van der Waals surface area (Å²) in [4.78, 5) is 25.2. The van der Waals surface area contributed by atoms with Crippen LogP contribution in [0.15, 0.2) is 42.5 Å². The van der Waals surface area contributed by atoms with Gasteiger partial charge in [0.25, 0.3) is 5.91 Å². The molecule has 8 nitrogen and oxygen atoms in total. The third-order valence-electron chi connectivity index (χ3n) is 5.62. The van der Waals surface area contributed by atoms with Crippen molar-refractivity contribution in [3.63, 3.8) is 0 Å². The first-order chi connectivity index (χ1) is 16.1. The number of carbonyl (C=O) groups excluding carboxylic acids is 2. The number of hydrogen-bond acceptors (Lipinski definition) is 5. The van der Waals surface area contributed by atoms with E-state index in [2.05, 4.69) is 10.6 Å². The van der Waals surface area contributed by atoms with Gasteiger partial charge >= 0.3 is 0 Å². The zero-order chi connectivity index (χ0) is 24.7. The Morgan fingerprint density at radius 3 is 2.47 bits per heavy atom. The van der Waals surface area contributed by atoms with E-state index in [1.165, 1.54) is 4.31 Å². The standard InChI is InChI=1S/C25H33N3O5S/c1-18-14-19(2)16-20(15-18)28(34(3,31)32)12-6-11-24(29)27-23-10-5-4-9-22(23)25(30)26-17-21-8-7-13-33-21/h4-5,9-10,14-16,21H,6-8,11-13,17H2,1-3H3,(H,26,30)(H,27,29)/t21-/m1/s1. The van der Waals surface area contributed by atoms with Crippen LogP contribution in [0.5, 0.6) is 0 Å². The van der Waals surface area contributed by atoms with Gasteiger partial charge in [0, 0.05) is 26.1 Å². The molecule has 2 amide bonds. The van der Waals surface area contributed by atoms with Crippen LogP contribution < -0.4 is 14.9 Å². The minimum absolute atomic E-state index is 0.0284. The lowest BCUT2D eigenvalue weighted by Crippen LogP contribution is -2.32. The van der Waals surface area contributed by atoms with Crippen molar-refractivity contribution in [2.24, 2.45) is 0 Å². The normalized spacial score (nSPS) is 15.7. The van der Waals surface area contributed by atoms with Crippen molar-refractivity contribution in [3.05, 3.63) is 59.2 Å². The summed E-state index contributed by atoms with van der Waals surface area (Å²) in [6.07, 6.45) is 3.55. The van der Waals surface area contributed by atoms with E-state index in [0.29, 0.717) is 36.5 Å². The fourth-order valence-electron chi connectivity index (χ4n) is 4.07. The second kappa shape index (κ2) is 11.5. The maximum atomic E-state index is 12.6. The number of carbonyl (C=O) groups is 2. The second-order valence-corrected chi connectivity index (χ2v) is 10.6. The van der Waals surface area contributed by atoms with Gasteiger partial charge in [0.2, 0.25) is 15.9 Å². The number of sulfonamides is 1. The predicted octanol–water partition coefficient (Wildman–Crippen LogP) is 3.40. The molecule has 1 saturated heterocycles. The Balaban J connectivity index is 1.58. The molecule has 0 saturated carbocycles. The van der Waals surface area contributed by atoms with Gasteiger partial charge in [0.15, 0.2) is 0 Å². The van der Waals surface area contributed by atoms with E-state index >= 15 is 0 Å². The van der Waals surface area contributed by atoms with Gasteiger partial charge in [-0.15, -0.1) is 0 Å². The Bertz CT molecular complexity index is 1110. The maximum absolute atomic E-state index is 12.6. The third-order valence-corrected chi connectivity index (χ3v) is 6.81. The molecule has 2 N–H and O–H groups in total. The Labute approximate surface area is 201 Å². The number of aryl methyl sites for hydroxylation is 2. The molecule has 9 heteroatoms. The van der Waals surface area contributed by atoms with Gasteiger partial charge in [-0.3, -0.25) is 13.9 Å². The van der Waals surface area contributed by atoms with Crippen molar-refractivity contribution in [1.82, 2.24) is 5.32 Å². The van der Waals surface area contributed by atoms with Crippen LogP contribution >= 0.6 is 0 Å². The van der Waals surface area contributed by atoms with E-state index < -0.39 is 10.0 Å². The molecule has 34 heavy (non-hydrogen) atoms. The molecule has 3 rings (SSSR count). The Hall–Kier alpha value is -2.91. The number of ether oxygens (including phenoxy) is 1. The highest BCUT2D eigenvalue weighted by atomic mass is 32.2. The van der Waals surface area contributed by atoms with Crippen LogP contribution in [0, 0.1) is 13.8 Å². The summed E-state index contributed by atoms with van der Waals surface area (Å²) >= 11 is 0. The number of rotatable bonds is 10. The van der Waals surface area contributed by atoms with Gasteiger partial charge in [0.1, 0.15) is 0 Å². The van der Waals surface area contributed by atoms with Gasteiger partial charge < -0.3 is 15.4 Å². The molecular weight excluding hydrogens is 454 g/mol. The number of nitrogens with zero attached hydrogens (tertiary/aromatic N) is 1. The Morgan fingerprint density at radius 1 is 1.12 bits per heavy atom. The zero-order valence-electron chi connectivity index (χ0n) is 20.0. The molecule has 0 aliphatic carbocycles. The van der Waals surface area contributed by atoms with E-state index in [0.717, 1.165) is 30.2 Å². The number of anilines is 2. The number of para-hydroxylation sites is 1. The molecule has 1 atom stereocenters. The molecule has 1 heterocycles. The summed E-state index contributed by atoms with van der Waals surface area (Å²) in [7, 11) is -3.50. The van der Waals surface area contributed by atoms with Crippen molar-refractivity contribution in [2.45, 2.75) is 45.6 Å². The van der Waals surface area contributed by atoms with E-state index in [1.807, 2.05) is 32.0 Å². The largest absolute Gasteiger partial charge is 0.376 e. The highest BCUT2D eigenvalue weighted by Crippen LogP contribution is 2.22. The van der Waals surface area contributed by atoms with E-state index in [-0.39, 0.29) is 30.9 Å². The quantitative estimate of drug-likeness (QED) is 0.535. The van der Waals surface area contributed by atoms with E-state index in [1.54, 1.807) is 24.3 Å². The summed E-state index contributed by atoms with van der Waals surface area (Å²) in [6, 6.07) is 12.4. The predicted molar refractivity (Wildman–Crippen MR) is 134 cm³/mol. The topological polar surface area (TPSA) is 105 Å². The second-order valence-electron chi connectivity index (χ2n) is 8.72. The van der Waals surface area contributed by atoms with Crippen LogP contribution in [-0.4, -0.2) is 52.3 Å². The summed E-state index contributed by atoms with van der Waals surface area (Å²) in [6.45, 7) is 5.16. The van der Waals surface area contributed by atoms with E-state index in [9.17, 15) is 18.0 Å². The first-order valence-electron chi connectivity index (χ1n) is 11.5. The summed E-state index contributed by atoms with van der Waals surface area (Å²) < 4.78 is 31.6. The molecule has 0 unspecified atom stereocenters. The average molecular weight is 488 g/mol. The lowest BCUT2D eigenvalue weighted by molar-refractivity contribution is -0.116. The minimum Gasteiger partial charge on any atom is -0.376 e. The minimum atomic E-state index is -3.50. The van der Waals surface area contributed by atoms with Crippen molar-refractivity contribution in [1.29, 1.82) is 0 Å². The molecule has 0 spiro atoms. The molecule has 1 fully saturated rings. The fraction of sp³-hybridized carbons (Fsp3) is 0.440. The summed E-state index contributed by atoms with van der Waals surface area (Å²) in [5.41, 5.74) is 3.33. The van der Waals surface area contributed by atoms with Gasteiger partial charge in [-0.25, -0.2) is 8.42 Å². The first-order valence-corrected chi connectivity index (χ1v) is 13.3.